The molecule has 39 heavy (non-hydrogen) atoms. The van der Waals surface area contributed by atoms with Crippen LogP contribution in [-0.4, -0.2) is 62.5 Å². The molecular weight excluding hydrogens is 524 g/mol. The van der Waals surface area contributed by atoms with Gasteiger partial charge >= 0.3 is 5.97 Å². The van der Waals surface area contributed by atoms with Gasteiger partial charge in [-0.25, -0.2) is 9.69 Å². The maximum absolute atomic E-state index is 13.8. The lowest BCUT2D eigenvalue weighted by atomic mass is 10.1. The quantitative estimate of drug-likeness (QED) is 0.291. The van der Waals surface area contributed by atoms with Gasteiger partial charge in [0.1, 0.15) is 6.04 Å². The average molecular weight is 551 g/mol. The second kappa shape index (κ2) is 12.0. The highest BCUT2D eigenvalue weighted by Crippen LogP contribution is 2.31. The molecule has 0 spiro atoms. The van der Waals surface area contributed by atoms with Crippen LogP contribution >= 0.6 is 11.6 Å². The SMILES string of the molecule is COC(=O)c1ccc(N2C(=O)CC(N(CCc3cccc(Cl)c3)C(=O)c3ccc(OC)c(OC)c3)C2=O)cc1. The molecule has 0 aromatic heterocycles. The zero-order valence-corrected chi connectivity index (χ0v) is 22.4. The van der Waals surface area contributed by atoms with Gasteiger partial charge in [-0.05, 0) is 66.6 Å². The van der Waals surface area contributed by atoms with Crippen molar-refractivity contribution in [1.29, 1.82) is 0 Å². The predicted octanol–water partition coefficient (Wildman–Crippen LogP) is 4.16. The van der Waals surface area contributed by atoms with Crippen molar-refractivity contribution in [1.82, 2.24) is 4.90 Å². The summed E-state index contributed by atoms with van der Waals surface area (Å²) in [5.41, 5.74) is 1.73. The highest BCUT2D eigenvalue weighted by atomic mass is 35.5. The van der Waals surface area contributed by atoms with Crippen LogP contribution in [0, 0.1) is 0 Å². The number of amides is 3. The van der Waals surface area contributed by atoms with Crippen molar-refractivity contribution >= 4 is 41.0 Å². The zero-order valence-electron chi connectivity index (χ0n) is 21.7. The van der Waals surface area contributed by atoms with E-state index in [9.17, 15) is 19.2 Å². The summed E-state index contributed by atoms with van der Waals surface area (Å²) in [6.07, 6.45) is 0.220. The third-order valence-electron chi connectivity index (χ3n) is 6.47. The molecule has 0 radical (unpaired) electrons. The van der Waals surface area contributed by atoms with E-state index in [-0.39, 0.29) is 24.1 Å². The van der Waals surface area contributed by atoms with Gasteiger partial charge in [-0.3, -0.25) is 14.4 Å². The van der Waals surface area contributed by atoms with Crippen LogP contribution in [0.15, 0.2) is 66.7 Å². The van der Waals surface area contributed by atoms with Gasteiger partial charge in [0.05, 0.1) is 39.0 Å². The van der Waals surface area contributed by atoms with Crippen molar-refractivity contribution in [2.45, 2.75) is 18.9 Å². The van der Waals surface area contributed by atoms with Crippen LogP contribution in [0.5, 0.6) is 11.5 Å². The minimum atomic E-state index is -1.03. The minimum Gasteiger partial charge on any atom is -0.493 e. The van der Waals surface area contributed by atoms with E-state index in [1.54, 1.807) is 24.3 Å². The molecule has 10 heteroatoms. The Bertz CT molecular complexity index is 1410. The molecule has 4 rings (SSSR count). The normalized spacial score (nSPS) is 14.8. The van der Waals surface area contributed by atoms with Crippen molar-refractivity contribution in [2.24, 2.45) is 0 Å². The Balaban J connectivity index is 1.65. The molecule has 0 aliphatic carbocycles. The number of hydrogen-bond acceptors (Lipinski definition) is 7. The number of imide groups is 1. The van der Waals surface area contributed by atoms with E-state index >= 15 is 0 Å². The Hall–Kier alpha value is -4.37. The molecular formula is C29H27ClN2O7. The van der Waals surface area contributed by atoms with E-state index in [2.05, 4.69) is 0 Å². The number of carbonyl (C=O) groups excluding carboxylic acids is 4. The average Bonchev–Trinajstić information content (AvgIpc) is 3.25. The molecule has 1 heterocycles. The Labute approximate surface area is 230 Å². The van der Waals surface area contributed by atoms with E-state index in [0.29, 0.717) is 28.6 Å². The Morgan fingerprint density at radius 2 is 1.62 bits per heavy atom. The third kappa shape index (κ3) is 5.88. The lowest BCUT2D eigenvalue weighted by Gasteiger charge is -2.28. The summed E-state index contributed by atoms with van der Waals surface area (Å²) >= 11 is 6.14. The van der Waals surface area contributed by atoms with Crippen molar-refractivity contribution in [3.05, 3.63) is 88.4 Å². The number of benzene rings is 3. The highest BCUT2D eigenvalue weighted by molar-refractivity contribution is 6.30. The van der Waals surface area contributed by atoms with Crippen LogP contribution in [0.4, 0.5) is 5.69 Å². The number of carbonyl (C=O) groups is 4. The molecule has 1 aliphatic rings. The number of methoxy groups -OCH3 is 3. The predicted molar refractivity (Wildman–Crippen MR) is 144 cm³/mol. The maximum Gasteiger partial charge on any atom is 0.337 e. The standard InChI is InChI=1S/C29H27ClN2O7/c1-37-24-12-9-20(16-25(24)38-2)27(34)31(14-13-18-5-4-6-21(30)15-18)23-17-26(33)32(28(23)35)22-10-7-19(8-11-22)29(36)39-3/h4-12,15-16,23H,13-14,17H2,1-3H3. The first-order valence-electron chi connectivity index (χ1n) is 12.1. The van der Waals surface area contributed by atoms with Crippen LogP contribution in [0.2, 0.25) is 5.02 Å². The van der Waals surface area contributed by atoms with Crippen LogP contribution in [0.1, 0.15) is 32.7 Å². The first-order valence-corrected chi connectivity index (χ1v) is 12.5. The number of rotatable bonds is 9. The van der Waals surface area contributed by atoms with Crippen LogP contribution < -0.4 is 14.4 Å². The number of nitrogens with zero attached hydrogens (tertiary/aromatic N) is 2. The number of esters is 1. The number of anilines is 1. The lowest BCUT2D eigenvalue weighted by molar-refractivity contribution is -0.122. The molecule has 0 N–H and O–H groups in total. The van der Waals surface area contributed by atoms with E-state index < -0.39 is 29.7 Å². The smallest absolute Gasteiger partial charge is 0.337 e. The number of halogens is 1. The third-order valence-corrected chi connectivity index (χ3v) is 6.70. The Morgan fingerprint density at radius 3 is 2.26 bits per heavy atom. The molecule has 9 nitrogen and oxygen atoms in total. The summed E-state index contributed by atoms with van der Waals surface area (Å²) in [7, 11) is 4.22. The van der Waals surface area contributed by atoms with E-state index in [1.807, 2.05) is 12.1 Å². The molecule has 1 saturated heterocycles. The zero-order chi connectivity index (χ0) is 28.1. The van der Waals surface area contributed by atoms with E-state index in [0.717, 1.165) is 10.5 Å². The fourth-order valence-corrected chi connectivity index (χ4v) is 4.68. The topological polar surface area (TPSA) is 102 Å². The summed E-state index contributed by atoms with van der Waals surface area (Å²) in [5, 5.41) is 0.555. The van der Waals surface area contributed by atoms with Crippen LogP contribution in [0.25, 0.3) is 0 Å². The van der Waals surface area contributed by atoms with Crippen molar-refractivity contribution in [3.8, 4) is 11.5 Å². The van der Waals surface area contributed by atoms with Crippen molar-refractivity contribution in [3.63, 3.8) is 0 Å². The van der Waals surface area contributed by atoms with Gasteiger partial charge in [0.2, 0.25) is 5.91 Å². The Kier molecular flexibility index (Phi) is 8.51. The fraction of sp³-hybridized carbons (Fsp3) is 0.241. The number of hydrogen-bond donors (Lipinski definition) is 0. The van der Waals surface area contributed by atoms with Gasteiger partial charge in [0, 0.05) is 17.1 Å². The molecule has 3 amide bonds. The molecule has 3 aromatic rings. The first-order chi connectivity index (χ1) is 18.8. The lowest BCUT2D eigenvalue weighted by Crippen LogP contribution is -2.46. The molecule has 0 bridgehead atoms. The monoisotopic (exact) mass is 550 g/mol. The minimum absolute atomic E-state index is 0.159. The van der Waals surface area contributed by atoms with E-state index in [4.69, 9.17) is 25.8 Å². The van der Waals surface area contributed by atoms with Crippen molar-refractivity contribution in [2.75, 3.05) is 32.8 Å². The second-order valence-electron chi connectivity index (χ2n) is 8.77. The first kappa shape index (κ1) is 27.7. The van der Waals surface area contributed by atoms with Gasteiger partial charge in [-0.1, -0.05) is 23.7 Å². The van der Waals surface area contributed by atoms with Gasteiger partial charge in [-0.2, -0.15) is 0 Å². The summed E-state index contributed by atoms with van der Waals surface area (Å²) in [4.78, 5) is 54.7. The molecule has 1 unspecified atom stereocenters. The maximum atomic E-state index is 13.8. The van der Waals surface area contributed by atoms with Crippen molar-refractivity contribution < 1.29 is 33.4 Å². The van der Waals surface area contributed by atoms with E-state index in [1.165, 1.54) is 56.6 Å². The summed E-state index contributed by atoms with van der Waals surface area (Å²) in [5.74, 6) is -1.15. The Morgan fingerprint density at radius 1 is 0.923 bits per heavy atom. The molecule has 0 saturated carbocycles. The summed E-state index contributed by atoms with van der Waals surface area (Å²) in [6.45, 7) is 0.159. The highest BCUT2D eigenvalue weighted by Gasteiger charge is 2.44. The van der Waals surface area contributed by atoms with Crippen LogP contribution in [0.3, 0.4) is 0 Å². The molecule has 3 aromatic carbocycles. The summed E-state index contributed by atoms with van der Waals surface area (Å²) in [6, 6.07) is 16.9. The van der Waals surface area contributed by atoms with Crippen LogP contribution in [-0.2, 0) is 20.7 Å². The van der Waals surface area contributed by atoms with Gasteiger partial charge in [0.15, 0.2) is 11.5 Å². The molecule has 1 fully saturated rings. The largest absolute Gasteiger partial charge is 0.493 e. The number of ether oxygens (including phenoxy) is 3. The fourth-order valence-electron chi connectivity index (χ4n) is 4.47. The van der Waals surface area contributed by atoms with Gasteiger partial charge in [-0.15, -0.1) is 0 Å². The second-order valence-corrected chi connectivity index (χ2v) is 9.21. The molecule has 1 aliphatic heterocycles. The molecule has 1 atom stereocenters. The van der Waals surface area contributed by atoms with Gasteiger partial charge in [0.25, 0.3) is 11.8 Å². The van der Waals surface area contributed by atoms with Gasteiger partial charge < -0.3 is 19.1 Å². The molecule has 202 valence electrons. The summed E-state index contributed by atoms with van der Waals surface area (Å²) < 4.78 is 15.3.